The lowest BCUT2D eigenvalue weighted by Gasteiger charge is -2.31. The average molecular weight is 274 g/mol. The van der Waals surface area contributed by atoms with Crippen LogP contribution in [-0.4, -0.2) is 13.1 Å². The van der Waals surface area contributed by atoms with E-state index in [1.165, 1.54) is 30.4 Å². The van der Waals surface area contributed by atoms with Crippen LogP contribution in [0.4, 0.5) is 0 Å². The van der Waals surface area contributed by atoms with Crippen LogP contribution in [0.2, 0.25) is 0 Å². The Morgan fingerprint density at radius 1 is 1.64 bits per heavy atom. The quantitative estimate of drug-likeness (QED) is 0.868. The molecule has 78 valence electrons. The van der Waals surface area contributed by atoms with Gasteiger partial charge in [0.1, 0.15) is 0 Å². The molecular formula is C11H16BrNS. The fourth-order valence-corrected chi connectivity index (χ4v) is 4.16. The molecule has 1 nitrogen and oxygen atoms in total. The molecule has 0 saturated carbocycles. The van der Waals surface area contributed by atoms with E-state index in [0.29, 0.717) is 0 Å². The van der Waals surface area contributed by atoms with Gasteiger partial charge < -0.3 is 5.32 Å². The third-order valence-corrected chi connectivity index (χ3v) is 5.12. The van der Waals surface area contributed by atoms with Crippen LogP contribution in [0.15, 0.2) is 15.9 Å². The Bertz CT molecular complexity index is 297. The molecule has 1 saturated heterocycles. The smallest absolute Gasteiger partial charge is 0.0317 e. The molecule has 2 atom stereocenters. The molecule has 1 fully saturated rings. The molecule has 0 aliphatic carbocycles. The Morgan fingerprint density at radius 2 is 2.50 bits per heavy atom. The molecule has 1 N–H and O–H groups in total. The van der Waals surface area contributed by atoms with Gasteiger partial charge in [0.05, 0.1) is 0 Å². The van der Waals surface area contributed by atoms with Crippen LogP contribution < -0.4 is 5.32 Å². The van der Waals surface area contributed by atoms with Gasteiger partial charge in [0, 0.05) is 9.35 Å². The Kier molecular flexibility index (Phi) is 3.63. The van der Waals surface area contributed by atoms with Crippen LogP contribution in [0.3, 0.4) is 0 Å². The zero-order chi connectivity index (χ0) is 9.97. The van der Waals surface area contributed by atoms with Crippen molar-refractivity contribution in [1.82, 2.24) is 5.32 Å². The van der Waals surface area contributed by atoms with E-state index in [0.717, 1.165) is 11.8 Å². The van der Waals surface area contributed by atoms with Crippen LogP contribution in [-0.2, 0) is 0 Å². The van der Waals surface area contributed by atoms with Gasteiger partial charge in [-0.15, -0.1) is 11.3 Å². The normalized spacial score (nSPS) is 27.9. The first-order valence-electron chi connectivity index (χ1n) is 5.26. The fourth-order valence-electron chi connectivity index (χ4n) is 2.27. The van der Waals surface area contributed by atoms with Gasteiger partial charge in [0.25, 0.3) is 0 Å². The molecule has 0 radical (unpaired) electrons. The molecule has 14 heavy (non-hydrogen) atoms. The molecule has 0 bridgehead atoms. The summed E-state index contributed by atoms with van der Waals surface area (Å²) in [7, 11) is 0. The van der Waals surface area contributed by atoms with Crippen LogP contribution in [0, 0.1) is 5.92 Å². The van der Waals surface area contributed by atoms with Gasteiger partial charge in [0.15, 0.2) is 0 Å². The highest BCUT2D eigenvalue weighted by Crippen LogP contribution is 2.39. The Balaban J connectivity index is 2.19. The van der Waals surface area contributed by atoms with Gasteiger partial charge >= 0.3 is 0 Å². The third-order valence-electron chi connectivity index (χ3n) is 3.11. The van der Waals surface area contributed by atoms with Crippen LogP contribution in [0.25, 0.3) is 0 Å². The van der Waals surface area contributed by atoms with Gasteiger partial charge in [-0.25, -0.2) is 0 Å². The van der Waals surface area contributed by atoms with E-state index in [-0.39, 0.29) is 0 Å². The second-order valence-corrected chi connectivity index (χ2v) is 5.70. The van der Waals surface area contributed by atoms with Gasteiger partial charge in [-0.2, -0.15) is 0 Å². The van der Waals surface area contributed by atoms with E-state index in [4.69, 9.17) is 0 Å². The second kappa shape index (κ2) is 4.77. The van der Waals surface area contributed by atoms with Gasteiger partial charge in [-0.1, -0.05) is 13.3 Å². The molecule has 1 aliphatic rings. The summed E-state index contributed by atoms with van der Waals surface area (Å²) in [5.41, 5.74) is 0. The Morgan fingerprint density at radius 3 is 3.14 bits per heavy atom. The fraction of sp³-hybridized carbons (Fsp3) is 0.636. The number of hydrogen-bond donors (Lipinski definition) is 1. The Labute approximate surface area is 98.0 Å². The van der Waals surface area contributed by atoms with Crippen molar-refractivity contribution < 1.29 is 0 Å². The van der Waals surface area contributed by atoms with E-state index < -0.39 is 0 Å². The zero-order valence-electron chi connectivity index (χ0n) is 8.42. The SMILES string of the molecule is CCC1CNCCC1c1sccc1Br. The second-order valence-electron chi connectivity index (χ2n) is 3.90. The van der Waals surface area contributed by atoms with Gasteiger partial charge in [-0.3, -0.25) is 0 Å². The highest BCUT2D eigenvalue weighted by Gasteiger charge is 2.26. The topological polar surface area (TPSA) is 12.0 Å². The molecular weight excluding hydrogens is 258 g/mol. The standard InChI is InChI=1S/C11H16BrNS/c1-2-8-7-13-5-3-9(8)11-10(12)4-6-14-11/h4,6,8-9,13H,2-3,5,7H2,1H3. The summed E-state index contributed by atoms with van der Waals surface area (Å²) in [6.45, 7) is 4.66. The van der Waals surface area contributed by atoms with Crippen molar-refractivity contribution in [2.45, 2.75) is 25.7 Å². The van der Waals surface area contributed by atoms with Crippen molar-refractivity contribution in [3.05, 3.63) is 20.8 Å². The zero-order valence-corrected chi connectivity index (χ0v) is 10.8. The summed E-state index contributed by atoms with van der Waals surface area (Å²) in [6.07, 6.45) is 2.57. The van der Waals surface area contributed by atoms with E-state index >= 15 is 0 Å². The molecule has 0 spiro atoms. The number of thiophene rings is 1. The lowest BCUT2D eigenvalue weighted by molar-refractivity contribution is 0.320. The summed E-state index contributed by atoms with van der Waals surface area (Å²) in [5.74, 6) is 1.59. The minimum Gasteiger partial charge on any atom is -0.316 e. The summed E-state index contributed by atoms with van der Waals surface area (Å²) in [5, 5.41) is 5.68. The molecule has 1 aromatic heterocycles. The Hall–Kier alpha value is 0.140. The summed E-state index contributed by atoms with van der Waals surface area (Å²) in [6, 6.07) is 2.18. The maximum absolute atomic E-state index is 3.65. The van der Waals surface area contributed by atoms with Gasteiger partial charge in [-0.05, 0) is 58.7 Å². The van der Waals surface area contributed by atoms with Crippen LogP contribution in [0.5, 0.6) is 0 Å². The number of piperidine rings is 1. The first-order chi connectivity index (χ1) is 6.83. The molecule has 3 heteroatoms. The molecule has 2 rings (SSSR count). The molecule has 2 unspecified atom stereocenters. The maximum atomic E-state index is 3.65. The average Bonchev–Trinajstić information content (AvgIpc) is 2.64. The maximum Gasteiger partial charge on any atom is 0.0317 e. The number of halogens is 1. The number of nitrogens with one attached hydrogen (secondary N) is 1. The van der Waals surface area contributed by atoms with E-state index in [9.17, 15) is 0 Å². The first kappa shape index (κ1) is 10.7. The van der Waals surface area contributed by atoms with Crippen molar-refractivity contribution >= 4 is 27.3 Å². The number of hydrogen-bond acceptors (Lipinski definition) is 2. The minimum atomic E-state index is 0.774. The highest BCUT2D eigenvalue weighted by molar-refractivity contribution is 9.10. The molecule has 1 aliphatic heterocycles. The van der Waals surface area contributed by atoms with Crippen LogP contribution >= 0.6 is 27.3 Å². The van der Waals surface area contributed by atoms with Crippen molar-refractivity contribution in [1.29, 1.82) is 0 Å². The third kappa shape index (κ3) is 2.05. The largest absolute Gasteiger partial charge is 0.316 e. The molecule has 0 amide bonds. The van der Waals surface area contributed by atoms with Crippen molar-refractivity contribution in [2.75, 3.05) is 13.1 Å². The summed E-state index contributed by atoms with van der Waals surface area (Å²) in [4.78, 5) is 1.55. The van der Waals surface area contributed by atoms with E-state index in [1.807, 2.05) is 11.3 Å². The van der Waals surface area contributed by atoms with E-state index in [2.05, 4.69) is 39.6 Å². The highest BCUT2D eigenvalue weighted by atomic mass is 79.9. The molecule has 2 heterocycles. The minimum absolute atomic E-state index is 0.774. The van der Waals surface area contributed by atoms with Crippen molar-refractivity contribution in [3.63, 3.8) is 0 Å². The predicted molar refractivity (Wildman–Crippen MR) is 66.0 cm³/mol. The lowest BCUT2D eigenvalue weighted by Crippen LogP contribution is -2.34. The summed E-state index contributed by atoms with van der Waals surface area (Å²) >= 11 is 5.55. The monoisotopic (exact) mass is 273 g/mol. The van der Waals surface area contributed by atoms with Gasteiger partial charge in [0.2, 0.25) is 0 Å². The first-order valence-corrected chi connectivity index (χ1v) is 6.93. The van der Waals surface area contributed by atoms with Crippen molar-refractivity contribution in [3.8, 4) is 0 Å². The van der Waals surface area contributed by atoms with Crippen LogP contribution in [0.1, 0.15) is 30.6 Å². The molecule has 1 aromatic rings. The number of rotatable bonds is 2. The summed E-state index contributed by atoms with van der Waals surface area (Å²) < 4.78 is 1.31. The van der Waals surface area contributed by atoms with Crippen molar-refractivity contribution in [2.24, 2.45) is 5.92 Å². The lowest BCUT2D eigenvalue weighted by atomic mass is 9.84. The molecule has 0 aromatic carbocycles. The van der Waals surface area contributed by atoms with E-state index in [1.54, 1.807) is 4.88 Å². The predicted octanol–water partition coefficient (Wildman–Crippen LogP) is 3.61.